The molecule has 0 radical (unpaired) electrons. The highest BCUT2D eigenvalue weighted by atomic mass is 16.2. The molecule has 0 amide bonds. The summed E-state index contributed by atoms with van der Waals surface area (Å²) in [5.74, 6) is -0.339. The summed E-state index contributed by atoms with van der Waals surface area (Å²) in [6.07, 6.45) is 0.251. The summed E-state index contributed by atoms with van der Waals surface area (Å²) in [4.78, 5) is 40.6. The van der Waals surface area contributed by atoms with E-state index in [2.05, 4.69) is 4.98 Å². The third kappa shape index (κ3) is 2.12. The highest BCUT2D eigenvalue weighted by Crippen LogP contribution is 2.24. The SMILES string of the molecule is [2H]Cc1nc2cc([2H])cc(N)c2c(=O)n1C1CCC(=O)CC1=O. The maximum Gasteiger partial charge on any atom is 0.264 e. The molecule has 1 aliphatic carbocycles. The number of fused-ring (bicyclic) bond motifs is 1. The minimum absolute atomic E-state index is 0.120. The van der Waals surface area contributed by atoms with Crippen LogP contribution in [0.1, 0.15) is 33.9 Å². The highest BCUT2D eigenvalue weighted by molar-refractivity contribution is 6.03. The quantitative estimate of drug-likeness (QED) is 0.627. The van der Waals surface area contributed by atoms with Crippen LogP contribution in [0, 0.1) is 6.90 Å². The first kappa shape index (κ1) is 11.2. The molecule has 1 unspecified atom stereocenters. The van der Waals surface area contributed by atoms with E-state index in [1.54, 1.807) is 0 Å². The molecule has 3 rings (SSSR count). The number of aromatic nitrogens is 2. The number of carbonyl (C=O) groups is 2. The lowest BCUT2D eigenvalue weighted by Crippen LogP contribution is -2.36. The fraction of sp³-hybridized carbons (Fsp3) is 0.333. The van der Waals surface area contributed by atoms with E-state index in [9.17, 15) is 14.4 Å². The van der Waals surface area contributed by atoms with Gasteiger partial charge in [-0.1, -0.05) is 6.04 Å². The first-order valence-corrected chi connectivity index (χ1v) is 6.57. The average Bonchev–Trinajstić information content (AvgIpc) is 2.47. The van der Waals surface area contributed by atoms with Gasteiger partial charge in [-0.3, -0.25) is 19.0 Å². The van der Waals surface area contributed by atoms with Crippen LogP contribution in [0.25, 0.3) is 10.9 Å². The van der Waals surface area contributed by atoms with Gasteiger partial charge in [-0.15, -0.1) is 0 Å². The van der Waals surface area contributed by atoms with Gasteiger partial charge < -0.3 is 5.73 Å². The fourth-order valence-corrected chi connectivity index (χ4v) is 2.71. The lowest BCUT2D eigenvalue weighted by Gasteiger charge is -2.24. The number of Topliss-reactive ketones (excluding diaryl/α,β-unsaturated/α-hetero) is 2. The number of nitrogens with zero attached hydrogens (tertiary/aromatic N) is 2. The minimum Gasteiger partial charge on any atom is -0.398 e. The Hall–Kier alpha value is -2.50. The van der Waals surface area contributed by atoms with Crippen molar-refractivity contribution in [2.45, 2.75) is 32.2 Å². The molecular formula is C15H15N3O3. The lowest BCUT2D eigenvalue weighted by atomic mass is 9.92. The van der Waals surface area contributed by atoms with Crippen molar-refractivity contribution in [2.24, 2.45) is 0 Å². The first-order chi connectivity index (χ1) is 10.9. The predicted molar refractivity (Wildman–Crippen MR) is 78.1 cm³/mol. The average molecular weight is 287 g/mol. The van der Waals surface area contributed by atoms with Crippen LogP contribution in [0.15, 0.2) is 23.0 Å². The highest BCUT2D eigenvalue weighted by Gasteiger charge is 2.30. The van der Waals surface area contributed by atoms with Crippen LogP contribution < -0.4 is 11.3 Å². The van der Waals surface area contributed by atoms with Crippen molar-refractivity contribution in [2.75, 3.05) is 5.73 Å². The number of hydrogen-bond acceptors (Lipinski definition) is 5. The molecule has 2 N–H and O–H groups in total. The summed E-state index contributed by atoms with van der Waals surface area (Å²) < 4.78 is 16.5. The number of carbonyl (C=O) groups excluding carboxylic acids is 2. The molecule has 6 heteroatoms. The Balaban J connectivity index is 2.28. The summed E-state index contributed by atoms with van der Waals surface area (Å²) in [6.45, 7) is -0.287. The standard InChI is InChI=1S/C15H15N3O3/c1-8-17-11-4-2-3-10(16)14(11)15(21)18(8)12-6-5-9(19)7-13(12)20/h2-4,12H,5-7,16H2,1H3/i1D,2D. The third-order valence-corrected chi connectivity index (χ3v) is 3.72. The summed E-state index contributed by atoms with van der Waals surface area (Å²) >= 11 is 0. The Bertz CT molecular complexity index is 892. The van der Waals surface area contributed by atoms with E-state index in [1.165, 1.54) is 16.7 Å². The monoisotopic (exact) mass is 287 g/mol. The van der Waals surface area contributed by atoms with E-state index >= 15 is 0 Å². The van der Waals surface area contributed by atoms with Gasteiger partial charge in [0.05, 0.1) is 24.7 Å². The van der Waals surface area contributed by atoms with Crippen molar-refractivity contribution < 1.29 is 12.3 Å². The largest absolute Gasteiger partial charge is 0.398 e. The molecule has 0 saturated heterocycles. The van der Waals surface area contributed by atoms with Crippen molar-refractivity contribution >= 4 is 28.2 Å². The normalized spacial score (nSPS) is 20.5. The smallest absolute Gasteiger partial charge is 0.264 e. The van der Waals surface area contributed by atoms with Crippen LogP contribution in [-0.4, -0.2) is 21.1 Å². The van der Waals surface area contributed by atoms with E-state index in [0.717, 1.165) is 0 Å². The molecule has 6 nitrogen and oxygen atoms in total. The van der Waals surface area contributed by atoms with Gasteiger partial charge in [0.1, 0.15) is 11.6 Å². The molecule has 21 heavy (non-hydrogen) atoms. The van der Waals surface area contributed by atoms with Crippen LogP contribution in [0.3, 0.4) is 0 Å². The molecule has 1 heterocycles. The van der Waals surface area contributed by atoms with Crippen LogP contribution >= 0.6 is 0 Å². The third-order valence-electron chi connectivity index (χ3n) is 3.72. The number of aryl methyl sites for hydroxylation is 1. The summed E-state index contributed by atoms with van der Waals surface area (Å²) in [5.41, 5.74) is 5.72. The molecule has 1 fully saturated rings. The van der Waals surface area contributed by atoms with E-state index in [4.69, 9.17) is 8.48 Å². The maximum absolute atomic E-state index is 12.8. The number of nitrogens with two attached hydrogens (primary N) is 1. The molecule has 1 aromatic heterocycles. The number of ketones is 2. The molecular weight excluding hydrogens is 270 g/mol. The second-order valence-electron chi connectivity index (χ2n) is 5.11. The summed E-state index contributed by atoms with van der Waals surface area (Å²) in [5, 5.41) is 0.142. The molecule has 0 aliphatic heterocycles. The maximum atomic E-state index is 12.8. The Kier molecular flexibility index (Phi) is 2.56. The van der Waals surface area contributed by atoms with E-state index in [-0.39, 0.29) is 66.2 Å². The van der Waals surface area contributed by atoms with Crippen molar-refractivity contribution in [3.8, 4) is 0 Å². The van der Waals surface area contributed by atoms with Gasteiger partial charge in [-0.25, -0.2) is 4.98 Å². The molecule has 0 spiro atoms. The van der Waals surface area contributed by atoms with E-state index in [1.807, 2.05) is 0 Å². The Labute approximate surface area is 123 Å². The number of benzene rings is 1. The number of anilines is 1. The van der Waals surface area contributed by atoms with Crippen molar-refractivity contribution in [1.82, 2.24) is 9.55 Å². The van der Waals surface area contributed by atoms with Gasteiger partial charge in [0.25, 0.3) is 5.56 Å². The van der Waals surface area contributed by atoms with Gasteiger partial charge in [0, 0.05) is 13.5 Å². The molecule has 0 bridgehead atoms. The first-order valence-electron chi connectivity index (χ1n) is 7.78. The van der Waals surface area contributed by atoms with Gasteiger partial charge in [0.15, 0.2) is 5.78 Å². The van der Waals surface area contributed by atoms with Crippen molar-refractivity contribution in [3.05, 3.63) is 34.4 Å². The number of hydrogen-bond donors (Lipinski definition) is 1. The summed E-state index contributed by atoms with van der Waals surface area (Å²) in [7, 11) is 0. The van der Waals surface area contributed by atoms with Gasteiger partial charge >= 0.3 is 0 Å². The molecule has 1 aliphatic rings. The molecule has 1 aromatic carbocycles. The second-order valence-corrected chi connectivity index (χ2v) is 5.11. The fourth-order valence-electron chi connectivity index (χ4n) is 2.71. The number of nitrogen functional groups attached to an aromatic ring is 1. The van der Waals surface area contributed by atoms with Crippen LogP contribution in [0.5, 0.6) is 0 Å². The lowest BCUT2D eigenvalue weighted by molar-refractivity contribution is -0.132. The van der Waals surface area contributed by atoms with E-state index in [0.29, 0.717) is 0 Å². The topological polar surface area (TPSA) is 95.0 Å². The molecule has 1 atom stereocenters. The van der Waals surface area contributed by atoms with Gasteiger partial charge in [-0.05, 0) is 25.5 Å². The predicted octanol–water partition coefficient (Wildman–Crippen LogP) is 1.15. The molecule has 2 aromatic rings. The van der Waals surface area contributed by atoms with Crippen molar-refractivity contribution in [3.63, 3.8) is 0 Å². The van der Waals surface area contributed by atoms with Gasteiger partial charge in [0.2, 0.25) is 0 Å². The van der Waals surface area contributed by atoms with Crippen LogP contribution in [0.4, 0.5) is 5.69 Å². The zero-order valence-electron chi connectivity index (χ0n) is 13.3. The summed E-state index contributed by atoms with van der Waals surface area (Å²) in [6, 6.07) is 2.09. The Morgan fingerprint density at radius 2 is 2.24 bits per heavy atom. The number of rotatable bonds is 1. The van der Waals surface area contributed by atoms with Crippen molar-refractivity contribution in [1.29, 1.82) is 0 Å². The zero-order chi connectivity index (χ0) is 16.7. The van der Waals surface area contributed by atoms with Crippen LogP contribution in [-0.2, 0) is 9.59 Å². The minimum atomic E-state index is -0.785. The van der Waals surface area contributed by atoms with Crippen LogP contribution in [0.2, 0.25) is 0 Å². The molecule has 1 saturated carbocycles. The van der Waals surface area contributed by atoms with Gasteiger partial charge in [-0.2, -0.15) is 0 Å². The Morgan fingerprint density at radius 1 is 1.43 bits per heavy atom. The van der Waals surface area contributed by atoms with E-state index < -0.39 is 11.6 Å². The Morgan fingerprint density at radius 3 is 2.95 bits per heavy atom. The molecule has 108 valence electrons. The second kappa shape index (κ2) is 4.80. The zero-order valence-corrected chi connectivity index (χ0v) is 11.3.